The van der Waals surface area contributed by atoms with Gasteiger partial charge in [0.1, 0.15) is 12.7 Å². The summed E-state index contributed by atoms with van der Waals surface area (Å²) in [4.78, 5) is 18.3. The smallest absolute Gasteiger partial charge is 0.253 e. The van der Waals surface area contributed by atoms with Crippen molar-refractivity contribution in [2.75, 3.05) is 5.73 Å². The number of carbonyl (C=O) groups excluding carboxylic acids is 1. The maximum Gasteiger partial charge on any atom is 0.253 e. The van der Waals surface area contributed by atoms with E-state index >= 15 is 0 Å². The molecule has 6 aromatic rings. The van der Waals surface area contributed by atoms with E-state index in [-0.39, 0.29) is 5.91 Å². The predicted molar refractivity (Wildman–Crippen MR) is 165 cm³/mol. The summed E-state index contributed by atoms with van der Waals surface area (Å²) in [5.41, 5.74) is 14.0. The average Bonchev–Trinajstić information content (AvgIpc) is 3.64. The summed E-state index contributed by atoms with van der Waals surface area (Å²) < 4.78 is 4.09. The molecule has 208 valence electrons. The third-order valence-corrected chi connectivity index (χ3v) is 8.50. The third kappa shape index (κ3) is 4.40. The zero-order valence-electron chi connectivity index (χ0n) is 23.0. The van der Waals surface area contributed by atoms with E-state index in [2.05, 4.69) is 62.3 Å². The van der Waals surface area contributed by atoms with E-state index in [1.165, 1.54) is 11.3 Å². The number of fused-ring (bicyclic) bond motifs is 3. The Morgan fingerprint density at radius 1 is 1.00 bits per heavy atom. The molecule has 4 heterocycles. The number of pyridine rings is 1. The molecule has 1 aliphatic rings. The zero-order valence-corrected chi connectivity index (χ0v) is 23.7. The lowest BCUT2D eigenvalue weighted by Gasteiger charge is -2.40. The first-order chi connectivity index (χ1) is 20.4. The number of hydrogen-bond acceptors (Lipinski definition) is 5. The molecule has 0 aliphatic carbocycles. The first-order valence-corrected chi connectivity index (χ1v) is 14.1. The standard InChI is InChI=1S/C33H28ClN7O/c1-21-7-10-29-27(13-21)31(22-14-24(35)17-36-16-22)30-11-12-33(18-41(29)30,23-5-3-2-4-6-23)39-32(42)26-9-8-25(15-28(26)34)40-19-37-38-20-40/h2-10,13-17,19-20H,11-12,18,35H2,1H3,(H,39,42)/t33-/m1/s1. The third-order valence-electron chi connectivity index (χ3n) is 8.18. The lowest BCUT2D eigenvalue weighted by molar-refractivity contribution is 0.0868. The van der Waals surface area contributed by atoms with Crippen LogP contribution < -0.4 is 11.1 Å². The number of rotatable bonds is 5. The molecule has 0 radical (unpaired) electrons. The van der Waals surface area contributed by atoms with Crippen molar-refractivity contribution in [2.24, 2.45) is 0 Å². The van der Waals surface area contributed by atoms with Crippen LogP contribution >= 0.6 is 11.6 Å². The number of nitrogens with two attached hydrogens (primary N) is 1. The van der Waals surface area contributed by atoms with Crippen LogP contribution in [0.3, 0.4) is 0 Å². The van der Waals surface area contributed by atoms with Gasteiger partial charge in [0.15, 0.2) is 0 Å². The van der Waals surface area contributed by atoms with Gasteiger partial charge in [-0.2, -0.15) is 0 Å². The molecule has 1 amide bonds. The molecule has 0 saturated heterocycles. The van der Waals surface area contributed by atoms with Crippen LogP contribution in [-0.2, 0) is 18.5 Å². The predicted octanol–water partition coefficient (Wildman–Crippen LogP) is 6.10. The van der Waals surface area contributed by atoms with Crippen LogP contribution in [0.15, 0.2) is 97.8 Å². The summed E-state index contributed by atoms with van der Waals surface area (Å²) in [6, 6.07) is 24.0. The minimum Gasteiger partial charge on any atom is -0.397 e. The molecule has 1 aliphatic heterocycles. The lowest BCUT2D eigenvalue weighted by atomic mass is 9.81. The number of nitrogens with zero attached hydrogens (tertiary/aromatic N) is 5. The van der Waals surface area contributed by atoms with Crippen LogP contribution in [0.25, 0.3) is 27.7 Å². The second-order valence-corrected chi connectivity index (χ2v) is 11.3. The van der Waals surface area contributed by atoms with Gasteiger partial charge >= 0.3 is 0 Å². The van der Waals surface area contributed by atoms with E-state index in [9.17, 15) is 4.79 Å². The number of anilines is 1. The highest BCUT2D eigenvalue weighted by molar-refractivity contribution is 6.34. The first-order valence-electron chi connectivity index (χ1n) is 13.8. The van der Waals surface area contributed by atoms with Gasteiger partial charge < -0.3 is 15.6 Å². The van der Waals surface area contributed by atoms with Crippen molar-refractivity contribution < 1.29 is 4.79 Å². The fraction of sp³-hybridized carbons (Fsp3) is 0.152. The van der Waals surface area contributed by atoms with Gasteiger partial charge in [0, 0.05) is 45.8 Å². The largest absolute Gasteiger partial charge is 0.397 e. The van der Waals surface area contributed by atoms with Crippen LogP contribution in [0.5, 0.6) is 0 Å². The van der Waals surface area contributed by atoms with Crippen LogP contribution in [0.4, 0.5) is 5.69 Å². The Hall–Kier alpha value is -4.95. The van der Waals surface area contributed by atoms with Gasteiger partial charge in [0.25, 0.3) is 5.91 Å². The number of nitrogens with one attached hydrogen (secondary N) is 1. The van der Waals surface area contributed by atoms with Gasteiger partial charge in [-0.25, -0.2) is 0 Å². The molecule has 0 bridgehead atoms. The quantitative estimate of drug-likeness (QED) is 0.259. The van der Waals surface area contributed by atoms with Gasteiger partial charge in [-0.3, -0.25) is 14.3 Å². The van der Waals surface area contributed by atoms with Crippen LogP contribution in [0, 0.1) is 6.92 Å². The Bertz CT molecular complexity index is 1950. The maximum absolute atomic E-state index is 13.9. The van der Waals surface area contributed by atoms with Crippen molar-refractivity contribution in [3.8, 4) is 16.8 Å². The minimum atomic E-state index is -0.663. The van der Waals surface area contributed by atoms with E-state index in [1.807, 2.05) is 36.5 Å². The number of aromatic nitrogens is 5. The van der Waals surface area contributed by atoms with Gasteiger partial charge in [-0.15, -0.1) is 10.2 Å². The molecule has 8 nitrogen and oxygen atoms in total. The first kappa shape index (κ1) is 26.0. The molecule has 0 unspecified atom stereocenters. The molecule has 42 heavy (non-hydrogen) atoms. The van der Waals surface area contributed by atoms with Crippen LogP contribution in [0.1, 0.15) is 33.6 Å². The molecular weight excluding hydrogens is 546 g/mol. The van der Waals surface area contributed by atoms with E-state index in [0.29, 0.717) is 29.2 Å². The van der Waals surface area contributed by atoms with Gasteiger partial charge in [-0.05, 0) is 61.7 Å². The van der Waals surface area contributed by atoms with Crippen molar-refractivity contribution in [1.29, 1.82) is 0 Å². The molecule has 3 N–H and O–H groups in total. The SMILES string of the molecule is Cc1ccc2c(c1)c(-c1cncc(N)c1)c1n2C[C@@](NC(=O)c2ccc(-n3cnnc3)cc2Cl)(c2ccccc2)CC1. The van der Waals surface area contributed by atoms with E-state index in [0.717, 1.165) is 39.7 Å². The van der Waals surface area contributed by atoms with Crippen LogP contribution in [-0.4, -0.2) is 30.2 Å². The topological polar surface area (TPSA) is 104 Å². The summed E-state index contributed by atoms with van der Waals surface area (Å²) in [7, 11) is 0. The fourth-order valence-corrected chi connectivity index (χ4v) is 6.45. The highest BCUT2D eigenvalue weighted by Crippen LogP contribution is 2.43. The molecule has 0 fully saturated rings. The molecule has 3 aromatic carbocycles. The van der Waals surface area contributed by atoms with Crippen molar-refractivity contribution in [1.82, 2.24) is 29.6 Å². The van der Waals surface area contributed by atoms with Crippen molar-refractivity contribution in [2.45, 2.75) is 31.8 Å². The molecule has 3 aromatic heterocycles. The van der Waals surface area contributed by atoms with Gasteiger partial charge in [0.05, 0.1) is 28.4 Å². The average molecular weight is 574 g/mol. The normalized spacial score (nSPS) is 16.3. The molecule has 7 rings (SSSR count). The highest BCUT2D eigenvalue weighted by Gasteiger charge is 2.40. The number of amides is 1. The number of halogens is 1. The molecule has 1 atom stereocenters. The van der Waals surface area contributed by atoms with E-state index < -0.39 is 5.54 Å². The number of aryl methyl sites for hydroxylation is 1. The van der Waals surface area contributed by atoms with Gasteiger partial charge in [0.2, 0.25) is 0 Å². The van der Waals surface area contributed by atoms with Crippen LogP contribution in [0.2, 0.25) is 5.02 Å². The summed E-state index contributed by atoms with van der Waals surface area (Å²) in [5, 5.41) is 12.6. The molecule has 0 saturated carbocycles. The monoisotopic (exact) mass is 573 g/mol. The Morgan fingerprint density at radius 3 is 2.57 bits per heavy atom. The highest BCUT2D eigenvalue weighted by atomic mass is 35.5. The van der Waals surface area contributed by atoms with Crippen molar-refractivity contribution >= 4 is 34.1 Å². The fourth-order valence-electron chi connectivity index (χ4n) is 6.19. The van der Waals surface area contributed by atoms with E-state index in [1.54, 1.807) is 35.6 Å². The Balaban J connectivity index is 1.33. The minimum absolute atomic E-state index is 0.227. The second kappa shape index (κ2) is 10.2. The van der Waals surface area contributed by atoms with Crippen molar-refractivity contribution in [3.63, 3.8) is 0 Å². The zero-order chi connectivity index (χ0) is 28.8. The Labute approximate surface area is 247 Å². The summed E-state index contributed by atoms with van der Waals surface area (Å²) in [6.45, 7) is 2.66. The molecule has 0 spiro atoms. The molecular formula is C33H28ClN7O. The molecule has 9 heteroatoms. The number of nitrogen functional groups attached to an aromatic ring is 1. The summed E-state index contributed by atoms with van der Waals surface area (Å²) in [6.07, 6.45) is 8.17. The Morgan fingerprint density at radius 2 is 1.81 bits per heavy atom. The van der Waals surface area contributed by atoms with Gasteiger partial charge in [-0.1, -0.05) is 53.6 Å². The number of benzene rings is 3. The van der Waals surface area contributed by atoms with Crippen molar-refractivity contribution in [3.05, 3.63) is 125 Å². The number of carbonyl (C=O) groups is 1. The second-order valence-electron chi connectivity index (χ2n) is 10.9. The lowest BCUT2D eigenvalue weighted by Crippen LogP contribution is -2.51. The summed E-state index contributed by atoms with van der Waals surface area (Å²) in [5.74, 6) is -0.227. The number of hydrogen-bond donors (Lipinski definition) is 2. The maximum atomic E-state index is 13.9. The van der Waals surface area contributed by atoms with E-state index in [4.69, 9.17) is 17.3 Å². The Kier molecular flexibility index (Phi) is 6.28. The summed E-state index contributed by atoms with van der Waals surface area (Å²) >= 11 is 6.67.